The number of phenols is 1. The van der Waals surface area contributed by atoms with E-state index in [9.17, 15) is 5.11 Å². The van der Waals surface area contributed by atoms with E-state index in [0.717, 1.165) is 22.6 Å². The van der Waals surface area contributed by atoms with Gasteiger partial charge in [-0.2, -0.15) is 5.10 Å². The minimum Gasteiger partial charge on any atom is -0.504 e. The van der Waals surface area contributed by atoms with Crippen LogP contribution in [0.2, 0.25) is 10.0 Å². The van der Waals surface area contributed by atoms with Crippen molar-refractivity contribution in [2.75, 3.05) is 13.7 Å². The third-order valence-corrected chi connectivity index (χ3v) is 6.36. The number of hydrogen-bond acceptors (Lipinski definition) is 6. The molecule has 0 radical (unpaired) electrons. The summed E-state index contributed by atoms with van der Waals surface area (Å²) in [6, 6.07) is 18.0. The molecule has 6 nitrogen and oxygen atoms in total. The molecule has 0 bridgehead atoms. The Bertz CT molecular complexity index is 1400. The fourth-order valence-corrected chi connectivity index (χ4v) is 4.27. The van der Waals surface area contributed by atoms with E-state index >= 15 is 0 Å². The summed E-state index contributed by atoms with van der Waals surface area (Å²) in [6.07, 6.45) is 1.69. The van der Waals surface area contributed by atoms with Crippen molar-refractivity contribution in [1.29, 1.82) is 0 Å². The molecule has 0 amide bonds. The molecule has 0 fully saturated rings. The molecule has 0 atom stereocenters. The van der Waals surface area contributed by atoms with Crippen molar-refractivity contribution in [3.63, 3.8) is 0 Å². The first-order valence-electron chi connectivity index (χ1n) is 10.3. The summed E-state index contributed by atoms with van der Waals surface area (Å²) in [5, 5.41) is 17.6. The SMILES string of the molecule is CCOc1cc(/C=N\n2c(-c3ccc(OC)cc3)csc2=Nc2ccc(Cl)c(Cl)c2)ccc1O. The molecule has 0 spiro atoms. The van der Waals surface area contributed by atoms with Gasteiger partial charge in [-0.1, -0.05) is 23.2 Å². The van der Waals surface area contributed by atoms with Gasteiger partial charge in [0.2, 0.25) is 4.80 Å². The monoisotopic (exact) mass is 513 g/mol. The maximum Gasteiger partial charge on any atom is 0.211 e. The number of halogens is 2. The van der Waals surface area contributed by atoms with E-state index < -0.39 is 0 Å². The molecule has 4 rings (SSSR count). The van der Waals surface area contributed by atoms with E-state index in [-0.39, 0.29) is 5.75 Å². The molecule has 1 N–H and O–H groups in total. The quantitative estimate of drug-likeness (QED) is 0.278. The van der Waals surface area contributed by atoms with Crippen LogP contribution in [0.3, 0.4) is 0 Å². The Hall–Kier alpha value is -3.26. The Labute approximate surface area is 211 Å². The first-order chi connectivity index (χ1) is 16.5. The largest absolute Gasteiger partial charge is 0.504 e. The van der Waals surface area contributed by atoms with Crippen molar-refractivity contribution in [3.8, 4) is 28.5 Å². The van der Waals surface area contributed by atoms with Gasteiger partial charge >= 0.3 is 0 Å². The van der Waals surface area contributed by atoms with Gasteiger partial charge in [0.15, 0.2) is 11.5 Å². The molecule has 0 saturated heterocycles. The predicted molar refractivity (Wildman–Crippen MR) is 138 cm³/mol. The highest BCUT2D eigenvalue weighted by atomic mass is 35.5. The number of ether oxygens (including phenoxy) is 2. The highest BCUT2D eigenvalue weighted by Crippen LogP contribution is 2.28. The van der Waals surface area contributed by atoms with Crippen LogP contribution in [0.25, 0.3) is 11.3 Å². The average molecular weight is 514 g/mol. The Morgan fingerprint density at radius 1 is 1.03 bits per heavy atom. The van der Waals surface area contributed by atoms with Crippen molar-refractivity contribution in [1.82, 2.24) is 4.68 Å². The number of rotatable bonds is 7. The molecule has 34 heavy (non-hydrogen) atoms. The van der Waals surface area contributed by atoms with Gasteiger partial charge in [0.05, 0.1) is 41.4 Å². The van der Waals surface area contributed by atoms with Crippen molar-refractivity contribution in [2.24, 2.45) is 10.1 Å². The lowest BCUT2D eigenvalue weighted by Crippen LogP contribution is -2.11. The van der Waals surface area contributed by atoms with E-state index in [1.165, 1.54) is 11.3 Å². The fourth-order valence-electron chi connectivity index (χ4n) is 3.12. The van der Waals surface area contributed by atoms with Gasteiger partial charge in [-0.15, -0.1) is 11.3 Å². The zero-order valence-corrected chi connectivity index (χ0v) is 20.7. The number of phenolic OH excluding ortho intramolecular Hbond substituents is 1. The fraction of sp³-hybridized carbons (Fsp3) is 0.120. The van der Waals surface area contributed by atoms with Gasteiger partial charge in [-0.05, 0) is 73.2 Å². The number of aromatic hydroxyl groups is 1. The van der Waals surface area contributed by atoms with Crippen LogP contribution in [-0.4, -0.2) is 29.7 Å². The number of hydrogen-bond donors (Lipinski definition) is 1. The number of aromatic nitrogens is 1. The third kappa shape index (κ3) is 5.44. The van der Waals surface area contributed by atoms with Crippen LogP contribution in [0.15, 0.2) is 76.1 Å². The van der Waals surface area contributed by atoms with Crippen molar-refractivity contribution in [2.45, 2.75) is 6.92 Å². The van der Waals surface area contributed by atoms with Crippen molar-refractivity contribution < 1.29 is 14.6 Å². The molecule has 0 unspecified atom stereocenters. The first-order valence-corrected chi connectivity index (χ1v) is 12.0. The second kappa shape index (κ2) is 10.8. The van der Waals surface area contributed by atoms with Crippen LogP contribution in [0.5, 0.6) is 17.2 Å². The van der Waals surface area contributed by atoms with Gasteiger partial charge in [0.1, 0.15) is 5.75 Å². The Balaban J connectivity index is 1.81. The third-order valence-electron chi connectivity index (χ3n) is 4.81. The average Bonchev–Trinajstić information content (AvgIpc) is 3.24. The molecule has 0 aliphatic heterocycles. The highest BCUT2D eigenvalue weighted by molar-refractivity contribution is 7.07. The summed E-state index contributed by atoms with van der Waals surface area (Å²) in [7, 11) is 1.63. The summed E-state index contributed by atoms with van der Waals surface area (Å²) in [5.41, 5.74) is 3.22. The van der Waals surface area contributed by atoms with Crippen LogP contribution in [-0.2, 0) is 0 Å². The minimum atomic E-state index is 0.0800. The van der Waals surface area contributed by atoms with Crippen molar-refractivity contribution >= 4 is 46.4 Å². The number of methoxy groups -OCH3 is 1. The van der Waals surface area contributed by atoms with Crippen LogP contribution >= 0.6 is 34.5 Å². The van der Waals surface area contributed by atoms with Gasteiger partial charge in [0, 0.05) is 10.9 Å². The summed E-state index contributed by atoms with van der Waals surface area (Å²) in [6.45, 7) is 2.31. The maximum absolute atomic E-state index is 9.99. The Morgan fingerprint density at radius 3 is 2.53 bits per heavy atom. The van der Waals surface area contributed by atoms with Gasteiger partial charge in [-0.25, -0.2) is 9.67 Å². The van der Waals surface area contributed by atoms with Crippen LogP contribution in [0.1, 0.15) is 12.5 Å². The number of nitrogens with zero attached hydrogens (tertiary/aromatic N) is 3. The maximum atomic E-state index is 9.99. The summed E-state index contributed by atoms with van der Waals surface area (Å²) in [4.78, 5) is 5.37. The Kier molecular flexibility index (Phi) is 7.57. The molecule has 3 aromatic carbocycles. The van der Waals surface area contributed by atoms with Gasteiger partial charge < -0.3 is 14.6 Å². The molecule has 0 aliphatic rings. The lowest BCUT2D eigenvalue weighted by atomic mass is 10.2. The molecule has 9 heteroatoms. The Morgan fingerprint density at radius 2 is 1.82 bits per heavy atom. The minimum absolute atomic E-state index is 0.0800. The molecular formula is C25H21Cl2N3O3S. The van der Waals surface area contributed by atoms with Gasteiger partial charge in [0.25, 0.3) is 0 Å². The first kappa shape index (κ1) is 23.9. The second-order valence-corrected chi connectivity index (χ2v) is 8.71. The topological polar surface area (TPSA) is 68.3 Å². The van der Waals surface area contributed by atoms with Gasteiger partial charge in [-0.3, -0.25) is 0 Å². The van der Waals surface area contributed by atoms with E-state index in [4.69, 9.17) is 42.8 Å². The van der Waals surface area contributed by atoms with Crippen LogP contribution < -0.4 is 14.3 Å². The number of benzene rings is 3. The predicted octanol–water partition coefficient (Wildman–Crippen LogP) is 6.75. The smallest absolute Gasteiger partial charge is 0.211 e. The second-order valence-electron chi connectivity index (χ2n) is 7.06. The molecule has 0 saturated carbocycles. The molecule has 4 aromatic rings. The zero-order valence-electron chi connectivity index (χ0n) is 18.4. The van der Waals surface area contributed by atoms with E-state index in [1.807, 2.05) is 36.6 Å². The van der Waals surface area contributed by atoms with E-state index in [1.54, 1.807) is 54.4 Å². The van der Waals surface area contributed by atoms with Crippen LogP contribution in [0.4, 0.5) is 5.69 Å². The van der Waals surface area contributed by atoms with Crippen LogP contribution in [0, 0.1) is 0 Å². The highest BCUT2D eigenvalue weighted by Gasteiger charge is 2.09. The molecule has 174 valence electrons. The lowest BCUT2D eigenvalue weighted by molar-refractivity contribution is 0.318. The summed E-state index contributed by atoms with van der Waals surface area (Å²) in [5.74, 6) is 1.25. The summed E-state index contributed by atoms with van der Waals surface area (Å²) >= 11 is 13.7. The van der Waals surface area contributed by atoms with E-state index in [0.29, 0.717) is 32.9 Å². The lowest BCUT2D eigenvalue weighted by Gasteiger charge is -2.07. The summed E-state index contributed by atoms with van der Waals surface area (Å²) < 4.78 is 12.5. The normalized spacial score (nSPS) is 11.8. The molecule has 0 aliphatic carbocycles. The van der Waals surface area contributed by atoms with E-state index in [2.05, 4.69) is 0 Å². The van der Waals surface area contributed by atoms with Crippen molar-refractivity contribution in [3.05, 3.63) is 86.5 Å². The number of thiazole rings is 1. The molecule has 1 aromatic heterocycles. The molecule has 1 heterocycles. The molecular weight excluding hydrogens is 493 g/mol. The standard InChI is InChI=1S/C25H21Cl2N3O3S/c1-3-33-24-12-16(4-11-23(24)31)14-28-30-22(17-5-8-19(32-2)9-6-17)15-34-25(30)29-18-7-10-20(26)21(27)13-18/h4-15,31H,3H2,1-2H3/b28-14-,29-25?. The zero-order chi connectivity index (χ0) is 24.1.